The Kier molecular flexibility index (Phi) is 22.6. The minimum Gasteiger partial charge on any atom is -0.238 e. The zero-order valence-electron chi connectivity index (χ0n) is 78.9. The van der Waals surface area contributed by atoms with Crippen molar-refractivity contribution in [2.24, 2.45) is 0 Å². The predicted octanol–water partition coefficient (Wildman–Crippen LogP) is 39.6. The van der Waals surface area contributed by atoms with Gasteiger partial charge in [0.05, 0.1) is 18.2 Å². The van der Waals surface area contributed by atoms with Crippen molar-refractivity contribution >= 4 is 70.3 Å². The van der Waals surface area contributed by atoms with Gasteiger partial charge in [-0.05, 0) is 374 Å². The third-order valence-electron chi connectivity index (χ3n) is 28.9. The Morgan fingerprint density at radius 2 is 0.271 bits per heavy atom. The molecule has 0 amide bonds. The van der Waals surface area contributed by atoms with Crippen molar-refractivity contribution in [2.75, 3.05) is 0 Å². The average Bonchev–Trinajstić information content (AvgIpc) is 0.707. The molecule has 2 heteroatoms. The van der Waals surface area contributed by atoms with Crippen LogP contribution in [0.3, 0.4) is 0 Å². The van der Waals surface area contributed by atoms with Gasteiger partial charge in [-0.2, -0.15) is 5.26 Å². The van der Waals surface area contributed by atoms with Gasteiger partial charge in [0, 0.05) is 0 Å². The minimum atomic E-state index is 0.610. The number of hydrogen-bond acceptors (Lipinski definition) is 1. The van der Waals surface area contributed by atoms with E-state index in [2.05, 4.69) is 533 Å². The summed E-state index contributed by atoms with van der Waals surface area (Å²) in [4.78, 5) is 3.75. The number of benzene rings is 26. The Hall–Kier alpha value is -19.2. The lowest BCUT2D eigenvalue weighted by atomic mass is 9.81. The molecular weight excluding hydrogens is 1730 g/mol. The number of hydrogen-bond donors (Lipinski definition) is 0. The van der Waals surface area contributed by atoms with Crippen LogP contribution in [0.25, 0.3) is 270 Å². The lowest BCUT2D eigenvalue weighted by molar-refractivity contribution is 1.48. The molecule has 0 saturated heterocycles. The smallest absolute Gasteiger partial charge is 0.187 e. The van der Waals surface area contributed by atoms with Gasteiger partial charge in [0.25, 0.3) is 0 Å². The number of nitriles is 1. The molecule has 0 bridgehead atoms. The molecule has 144 heavy (non-hydrogen) atoms. The Labute approximate surface area is 838 Å². The van der Waals surface area contributed by atoms with E-state index in [0.29, 0.717) is 11.3 Å². The summed E-state index contributed by atoms with van der Waals surface area (Å²) in [5.74, 6) is 0. The van der Waals surface area contributed by atoms with Gasteiger partial charge < -0.3 is 0 Å². The molecule has 0 fully saturated rings. The minimum absolute atomic E-state index is 0.610. The second-order valence-electron chi connectivity index (χ2n) is 37.4. The quantitative estimate of drug-likeness (QED) is 0.0622. The highest BCUT2D eigenvalue weighted by Gasteiger charge is 2.27. The molecule has 26 aromatic carbocycles. The third-order valence-corrected chi connectivity index (χ3v) is 28.9. The lowest BCUT2D eigenvalue weighted by Crippen LogP contribution is -1.95. The Morgan fingerprint density at radius 1 is 0.132 bits per heavy atom. The molecule has 26 aromatic rings. The fraction of sp³-hybridized carbons (Fsp3) is 0. The van der Waals surface area contributed by atoms with E-state index < -0.39 is 0 Å². The normalized spacial score (nSPS) is 11.3. The van der Waals surface area contributed by atoms with Crippen LogP contribution in [-0.2, 0) is 0 Å². The standard InChI is InChI=1S/C76H50.C66H40N2/c1-7-19-51(20-8-1)57-31-35-59(36-32-57)71-49-73(65-45-61(53-23-11-3-12-24-53)43-62(46-65)54-25-13-4-14-26-54)69-42-40-68-72(60-37-33-58(34-38-60)52-21-9-2-10-22-52)50-74(70-41-39-67(71)75(69)76(68)70)66-47-63(55-27-15-5-16-28-55)44-64(48-66)56-29-17-6-18-30-56;1-68-56-28-26-49(27-29-56)62-41-64(55-38-52(46-18-10-4-11-19-46)35-53(39-55)47-20-12-5-13-21-47)60-32-30-57-61(48-24-22-43(42-67)23-25-48)40-63(59-33-31-58(62)66(60)65(57)59)54-36-50(44-14-6-2-7-15-44)34-51(37-54)45-16-8-3-9-17-45/h1-50H;2-41H. The molecule has 0 aromatic heterocycles. The van der Waals surface area contributed by atoms with Gasteiger partial charge in [-0.1, -0.05) is 437 Å². The molecule has 0 atom stereocenters. The molecule has 0 aliphatic carbocycles. The maximum absolute atomic E-state index is 9.86. The monoisotopic (exact) mass is 1820 g/mol. The summed E-state index contributed by atoms with van der Waals surface area (Å²) < 4.78 is 0. The molecule has 2 nitrogen and oxygen atoms in total. The van der Waals surface area contributed by atoms with Crippen molar-refractivity contribution in [3.8, 4) is 206 Å². The van der Waals surface area contributed by atoms with E-state index in [1.807, 2.05) is 24.3 Å². The SMILES string of the molecule is [C-]#[N+]c1ccc(-c2cc(-c3cc(-c4ccccc4)cc(-c4ccccc4)c3)c3ccc4c(-c5ccc(C#N)cc5)cc(-c5cc(-c6ccccc6)cc(-c6ccccc6)c5)c5ccc2c3c45)cc1.c1ccc(-c2ccc(-c3cc(-c4cc(-c5ccccc5)cc(-c5ccccc5)c4)c4ccc5c(-c6ccc(-c7ccccc7)cc6)cc(-c6cc(-c7ccccc7)cc(-c7ccccc7)c6)c6ccc3c4c56)cc2)cc1. The molecular formula is C142H90N2. The van der Waals surface area contributed by atoms with Gasteiger partial charge in [0.1, 0.15) is 0 Å². The van der Waals surface area contributed by atoms with Crippen LogP contribution >= 0.6 is 0 Å². The van der Waals surface area contributed by atoms with E-state index in [4.69, 9.17) is 6.57 Å². The second-order valence-corrected chi connectivity index (χ2v) is 37.4. The first kappa shape index (κ1) is 86.4. The Morgan fingerprint density at radius 3 is 0.444 bits per heavy atom. The van der Waals surface area contributed by atoms with Crippen LogP contribution in [0, 0.1) is 17.9 Å². The highest BCUT2D eigenvalue weighted by molar-refractivity contribution is 6.34. The summed E-state index contributed by atoms with van der Waals surface area (Å²) in [5.41, 5.74) is 43.1. The fourth-order valence-electron chi connectivity index (χ4n) is 21.8. The number of nitrogens with zero attached hydrogens (tertiary/aromatic N) is 2. The summed E-state index contributed by atoms with van der Waals surface area (Å²) in [7, 11) is 0. The van der Waals surface area contributed by atoms with E-state index in [-0.39, 0.29) is 0 Å². The molecule has 0 N–H and O–H groups in total. The summed E-state index contributed by atoms with van der Waals surface area (Å²) in [5, 5.41) is 24.3. The van der Waals surface area contributed by atoms with E-state index in [1.54, 1.807) is 0 Å². The highest BCUT2D eigenvalue weighted by atomic mass is 14.6. The first-order chi connectivity index (χ1) is 71.3. The maximum atomic E-state index is 9.86. The largest absolute Gasteiger partial charge is 0.238 e. The van der Waals surface area contributed by atoms with Gasteiger partial charge in [0.15, 0.2) is 5.69 Å². The van der Waals surface area contributed by atoms with E-state index in [9.17, 15) is 5.26 Å². The second kappa shape index (κ2) is 37.6. The van der Waals surface area contributed by atoms with Crippen LogP contribution in [0.15, 0.2) is 546 Å². The van der Waals surface area contributed by atoms with Crippen LogP contribution in [0.4, 0.5) is 5.69 Å². The molecule has 26 rings (SSSR count). The van der Waals surface area contributed by atoms with Crippen molar-refractivity contribution in [2.45, 2.75) is 0 Å². The van der Waals surface area contributed by atoms with Gasteiger partial charge in [-0.15, -0.1) is 0 Å². The molecule has 0 unspecified atom stereocenters. The van der Waals surface area contributed by atoms with Gasteiger partial charge in [-0.3, -0.25) is 0 Å². The van der Waals surface area contributed by atoms with E-state index in [1.165, 1.54) is 154 Å². The molecule has 0 aliphatic rings. The summed E-state index contributed by atoms with van der Waals surface area (Å²) in [6, 6.07) is 201. The van der Waals surface area contributed by atoms with Gasteiger partial charge in [0.2, 0.25) is 0 Å². The van der Waals surface area contributed by atoms with Crippen LogP contribution in [-0.4, -0.2) is 0 Å². The topological polar surface area (TPSA) is 28.1 Å². The zero-order chi connectivity index (χ0) is 95.9. The highest BCUT2D eigenvalue weighted by Crippen LogP contribution is 2.54. The van der Waals surface area contributed by atoms with Crippen LogP contribution < -0.4 is 0 Å². The molecule has 0 radical (unpaired) electrons. The van der Waals surface area contributed by atoms with E-state index >= 15 is 0 Å². The molecule has 0 saturated carbocycles. The van der Waals surface area contributed by atoms with Crippen molar-refractivity contribution in [1.29, 1.82) is 5.26 Å². The van der Waals surface area contributed by atoms with Crippen molar-refractivity contribution < 1.29 is 0 Å². The summed E-state index contributed by atoms with van der Waals surface area (Å²) in [6.45, 7) is 7.76. The average molecular weight is 1820 g/mol. The molecule has 0 aliphatic heterocycles. The summed E-state index contributed by atoms with van der Waals surface area (Å²) in [6.07, 6.45) is 0. The van der Waals surface area contributed by atoms with Crippen molar-refractivity contribution in [3.63, 3.8) is 0 Å². The lowest BCUT2D eigenvalue weighted by Gasteiger charge is -2.22. The molecule has 668 valence electrons. The number of rotatable bonds is 18. The molecule has 0 spiro atoms. The van der Waals surface area contributed by atoms with Crippen molar-refractivity contribution in [1.82, 2.24) is 0 Å². The van der Waals surface area contributed by atoms with Crippen LogP contribution in [0.1, 0.15) is 5.56 Å². The van der Waals surface area contributed by atoms with Crippen LogP contribution in [0.2, 0.25) is 0 Å². The zero-order valence-corrected chi connectivity index (χ0v) is 78.9. The van der Waals surface area contributed by atoms with Gasteiger partial charge >= 0.3 is 0 Å². The Bertz CT molecular complexity index is 8590. The van der Waals surface area contributed by atoms with Crippen LogP contribution in [0.5, 0.6) is 0 Å². The predicted molar refractivity (Wildman–Crippen MR) is 609 cm³/mol. The van der Waals surface area contributed by atoms with Crippen molar-refractivity contribution in [3.05, 3.63) is 563 Å². The summed E-state index contributed by atoms with van der Waals surface area (Å²) >= 11 is 0. The third kappa shape index (κ3) is 16.4. The Balaban J connectivity index is 0.000000152. The first-order valence-corrected chi connectivity index (χ1v) is 49.2. The fourth-order valence-corrected chi connectivity index (χ4v) is 21.8. The first-order valence-electron chi connectivity index (χ1n) is 49.2. The van der Waals surface area contributed by atoms with E-state index in [0.717, 1.165) is 111 Å². The maximum Gasteiger partial charge on any atom is 0.187 e. The van der Waals surface area contributed by atoms with Gasteiger partial charge in [-0.25, -0.2) is 4.85 Å². The molecule has 0 heterocycles.